The fourth-order valence-corrected chi connectivity index (χ4v) is 1.63. The molecular formula is C12H12FN3O. The van der Waals surface area contributed by atoms with Crippen molar-refractivity contribution in [2.24, 2.45) is 5.73 Å². The number of hydrogen-bond acceptors (Lipinski definition) is 3. The summed E-state index contributed by atoms with van der Waals surface area (Å²) < 4.78 is 13.0. The maximum atomic E-state index is 13.0. The largest absolute Gasteiger partial charge is 0.325 e. The standard InChI is InChI=1S/C12H12FN3O/c1-7-4-8(13)2-3-10(7)12-15-9(6-14)5-11(17)16-12/h2-5H,6,14H2,1H3,(H,15,16,17). The lowest BCUT2D eigenvalue weighted by molar-refractivity contribution is 0.627. The van der Waals surface area contributed by atoms with Gasteiger partial charge in [0, 0.05) is 18.2 Å². The molecule has 5 heteroatoms. The van der Waals surface area contributed by atoms with Gasteiger partial charge < -0.3 is 10.7 Å². The van der Waals surface area contributed by atoms with E-state index in [1.54, 1.807) is 13.0 Å². The molecule has 1 heterocycles. The van der Waals surface area contributed by atoms with E-state index in [9.17, 15) is 9.18 Å². The minimum absolute atomic E-state index is 0.192. The Hall–Kier alpha value is -2.01. The van der Waals surface area contributed by atoms with Gasteiger partial charge in [-0.2, -0.15) is 0 Å². The molecule has 0 saturated carbocycles. The third-order valence-corrected chi connectivity index (χ3v) is 2.45. The number of benzene rings is 1. The summed E-state index contributed by atoms with van der Waals surface area (Å²) in [7, 11) is 0. The molecule has 0 radical (unpaired) electrons. The summed E-state index contributed by atoms with van der Waals surface area (Å²) in [6, 6.07) is 5.66. The Labute approximate surface area is 97.3 Å². The van der Waals surface area contributed by atoms with Crippen molar-refractivity contribution in [1.29, 1.82) is 0 Å². The van der Waals surface area contributed by atoms with Crippen LogP contribution in [0.15, 0.2) is 29.1 Å². The molecule has 0 fully saturated rings. The molecule has 2 rings (SSSR count). The van der Waals surface area contributed by atoms with Crippen LogP contribution in [0.2, 0.25) is 0 Å². The number of aryl methyl sites for hydroxylation is 1. The highest BCUT2D eigenvalue weighted by molar-refractivity contribution is 5.59. The summed E-state index contributed by atoms with van der Waals surface area (Å²) in [6.07, 6.45) is 0. The van der Waals surface area contributed by atoms with Crippen LogP contribution in [0.25, 0.3) is 11.4 Å². The average Bonchev–Trinajstić information content (AvgIpc) is 2.28. The van der Waals surface area contributed by atoms with E-state index in [1.165, 1.54) is 18.2 Å². The molecule has 0 unspecified atom stereocenters. The Morgan fingerprint density at radius 3 is 2.82 bits per heavy atom. The van der Waals surface area contributed by atoms with Crippen LogP contribution < -0.4 is 11.3 Å². The fraction of sp³-hybridized carbons (Fsp3) is 0.167. The first-order valence-corrected chi connectivity index (χ1v) is 5.17. The van der Waals surface area contributed by atoms with Gasteiger partial charge in [-0.25, -0.2) is 9.37 Å². The Balaban J connectivity index is 2.60. The lowest BCUT2D eigenvalue weighted by atomic mass is 10.1. The monoisotopic (exact) mass is 233 g/mol. The van der Waals surface area contributed by atoms with Crippen LogP contribution in [0.4, 0.5) is 4.39 Å². The second-order valence-corrected chi connectivity index (χ2v) is 3.75. The first-order chi connectivity index (χ1) is 8.10. The number of aromatic nitrogens is 2. The molecule has 17 heavy (non-hydrogen) atoms. The van der Waals surface area contributed by atoms with Gasteiger partial charge in [-0.15, -0.1) is 0 Å². The van der Waals surface area contributed by atoms with E-state index in [0.717, 1.165) is 0 Å². The number of H-pyrrole nitrogens is 1. The molecule has 0 atom stereocenters. The van der Waals surface area contributed by atoms with Crippen molar-refractivity contribution in [2.45, 2.75) is 13.5 Å². The molecule has 0 spiro atoms. The molecule has 0 amide bonds. The minimum Gasteiger partial charge on any atom is -0.325 e. The molecule has 1 aromatic carbocycles. The van der Waals surface area contributed by atoms with Crippen LogP contribution in [0.1, 0.15) is 11.3 Å². The number of rotatable bonds is 2. The SMILES string of the molecule is Cc1cc(F)ccc1-c1nc(CN)cc(=O)[nH]1. The van der Waals surface area contributed by atoms with Gasteiger partial charge >= 0.3 is 0 Å². The molecule has 0 bridgehead atoms. The van der Waals surface area contributed by atoms with Crippen LogP contribution in [0.3, 0.4) is 0 Å². The third kappa shape index (κ3) is 2.39. The van der Waals surface area contributed by atoms with Crippen molar-refractivity contribution in [3.63, 3.8) is 0 Å². The number of nitrogens with zero attached hydrogens (tertiary/aromatic N) is 1. The van der Waals surface area contributed by atoms with Crippen molar-refractivity contribution in [3.05, 3.63) is 51.7 Å². The molecule has 3 N–H and O–H groups in total. The predicted octanol–water partition coefficient (Wildman–Crippen LogP) is 1.34. The van der Waals surface area contributed by atoms with Gasteiger partial charge in [-0.05, 0) is 30.7 Å². The van der Waals surface area contributed by atoms with Crippen molar-refractivity contribution >= 4 is 0 Å². The second-order valence-electron chi connectivity index (χ2n) is 3.75. The Morgan fingerprint density at radius 2 is 2.18 bits per heavy atom. The normalized spacial score (nSPS) is 10.5. The lowest BCUT2D eigenvalue weighted by Crippen LogP contribution is -2.13. The van der Waals surface area contributed by atoms with E-state index in [2.05, 4.69) is 9.97 Å². The number of aromatic amines is 1. The highest BCUT2D eigenvalue weighted by Crippen LogP contribution is 2.19. The van der Waals surface area contributed by atoms with Gasteiger partial charge in [0.15, 0.2) is 0 Å². The van der Waals surface area contributed by atoms with Crippen LogP contribution in [-0.2, 0) is 6.54 Å². The summed E-state index contributed by atoms with van der Waals surface area (Å²) in [5.41, 5.74) is 7.10. The minimum atomic E-state index is -0.316. The summed E-state index contributed by atoms with van der Waals surface area (Å²) in [5, 5.41) is 0. The van der Waals surface area contributed by atoms with Gasteiger partial charge in [-0.1, -0.05) is 0 Å². The number of nitrogens with two attached hydrogens (primary N) is 1. The van der Waals surface area contributed by atoms with E-state index < -0.39 is 0 Å². The Morgan fingerprint density at radius 1 is 1.41 bits per heavy atom. The Bertz CT molecular complexity index is 607. The molecular weight excluding hydrogens is 221 g/mol. The highest BCUT2D eigenvalue weighted by Gasteiger charge is 2.07. The van der Waals surface area contributed by atoms with E-state index >= 15 is 0 Å². The zero-order valence-corrected chi connectivity index (χ0v) is 9.33. The molecule has 0 saturated heterocycles. The van der Waals surface area contributed by atoms with E-state index in [4.69, 9.17) is 5.73 Å². The van der Waals surface area contributed by atoms with Crippen LogP contribution in [-0.4, -0.2) is 9.97 Å². The third-order valence-electron chi connectivity index (χ3n) is 2.45. The van der Waals surface area contributed by atoms with Gasteiger partial charge in [0.05, 0.1) is 5.69 Å². The molecule has 88 valence electrons. The van der Waals surface area contributed by atoms with Gasteiger partial charge in [0.2, 0.25) is 0 Å². The van der Waals surface area contributed by atoms with Crippen LogP contribution >= 0.6 is 0 Å². The first kappa shape index (κ1) is 11.5. The smallest absolute Gasteiger partial charge is 0.251 e. The molecule has 1 aromatic heterocycles. The second kappa shape index (κ2) is 4.47. The first-order valence-electron chi connectivity index (χ1n) is 5.17. The van der Waals surface area contributed by atoms with E-state index in [-0.39, 0.29) is 17.9 Å². The molecule has 4 nitrogen and oxygen atoms in total. The van der Waals surface area contributed by atoms with Gasteiger partial charge in [0.1, 0.15) is 11.6 Å². The molecule has 2 aromatic rings. The molecule has 0 aliphatic carbocycles. The number of hydrogen-bond donors (Lipinski definition) is 2. The Kier molecular flexibility index (Phi) is 3.01. The maximum Gasteiger partial charge on any atom is 0.251 e. The van der Waals surface area contributed by atoms with Crippen molar-refractivity contribution < 1.29 is 4.39 Å². The van der Waals surface area contributed by atoms with Crippen molar-refractivity contribution in [1.82, 2.24) is 9.97 Å². The summed E-state index contributed by atoms with van der Waals surface area (Å²) >= 11 is 0. The lowest BCUT2D eigenvalue weighted by Gasteiger charge is -2.06. The summed E-state index contributed by atoms with van der Waals surface area (Å²) in [4.78, 5) is 18.2. The quantitative estimate of drug-likeness (QED) is 0.822. The van der Waals surface area contributed by atoms with Gasteiger partial charge in [0.25, 0.3) is 5.56 Å². The van der Waals surface area contributed by atoms with Gasteiger partial charge in [-0.3, -0.25) is 4.79 Å². The average molecular weight is 233 g/mol. The van der Waals surface area contributed by atoms with Crippen LogP contribution in [0.5, 0.6) is 0 Å². The highest BCUT2D eigenvalue weighted by atomic mass is 19.1. The zero-order chi connectivity index (χ0) is 12.4. The zero-order valence-electron chi connectivity index (χ0n) is 9.33. The molecule has 0 aliphatic heterocycles. The van der Waals surface area contributed by atoms with Crippen molar-refractivity contribution in [3.8, 4) is 11.4 Å². The topological polar surface area (TPSA) is 71.8 Å². The van der Waals surface area contributed by atoms with Crippen LogP contribution in [0, 0.1) is 12.7 Å². The van der Waals surface area contributed by atoms with Crippen molar-refractivity contribution in [2.75, 3.05) is 0 Å². The number of nitrogens with one attached hydrogen (secondary N) is 1. The molecule has 0 aliphatic rings. The maximum absolute atomic E-state index is 13.0. The number of halogens is 1. The van der Waals surface area contributed by atoms with E-state index in [0.29, 0.717) is 22.6 Å². The van der Waals surface area contributed by atoms with E-state index in [1.807, 2.05) is 0 Å². The predicted molar refractivity (Wildman–Crippen MR) is 62.9 cm³/mol. The summed E-state index contributed by atoms with van der Waals surface area (Å²) in [5.74, 6) is 0.0963. The summed E-state index contributed by atoms with van der Waals surface area (Å²) in [6.45, 7) is 1.95. The fourth-order valence-electron chi connectivity index (χ4n) is 1.63.